The van der Waals surface area contributed by atoms with Crippen LogP contribution in [0.3, 0.4) is 0 Å². The zero-order valence-corrected chi connectivity index (χ0v) is 20.8. The average Bonchev–Trinajstić information content (AvgIpc) is 3.21. The number of hydrogen-bond donors (Lipinski definition) is 3. The number of urea groups is 1. The molecule has 0 atom stereocenters. The Morgan fingerprint density at radius 3 is 2.74 bits per heavy atom. The predicted molar refractivity (Wildman–Crippen MR) is 138 cm³/mol. The molecule has 2 aliphatic heterocycles. The van der Waals surface area contributed by atoms with E-state index in [4.69, 9.17) is 4.74 Å². The topological polar surface area (TPSA) is 103 Å². The van der Waals surface area contributed by atoms with Crippen LogP contribution in [-0.4, -0.2) is 66.4 Å². The first-order chi connectivity index (χ1) is 17.0. The molecule has 0 radical (unpaired) electrons. The third kappa shape index (κ3) is 5.07. The minimum atomic E-state index is -0.319. The Morgan fingerprint density at radius 2 is 1.94 bits per heavy atom. The summed E-state index contributed by atoms with van der Waals surface area (Å²) in [5.74, 6) is 0.436. The van der Waals surface area contributed by atoms with E-state index in [1.165, 1.54) is 11.3 Å². The summed E-state index contributed by atoms with van der Waals surface area (Å²) in [6, 6.07) is 13.1. The normalized spacial score (nSPS) is 15.8. The van der Waals surface area contributed by atoms with Crippen molar-refractivity contribution in [1.29, 1.82) is 0 Å². The number of amides is 4. The van der Waals surface area contributed by atoms with E-state index in [1.54, 1.807) is 11.9 Å². The number of ether oxygens (including phenoxy) is 1. The molecule has 3 heterocycles. The Balaban J connectivity index is 1.27. The summed E-state index contributed by atoms with van der Waals surface area (Å²) in [6.07, 6.45) is 0. The molecule has 1 fully saturated rings. The number of nitrogens with one attached hydrogen (secondary N) is 3. The van der Waals surface area contributed by atoms with Crippen molar-refractivity contribution in [2.24, 2.45) is 0 Å². The molecule has 0 aliphatic carbocycles. The maximum atomic E-state index is 13.6. The largest absolute Gasteiger partial charge is 0.482 e. The third-order valence-electron chi connectivity index (χ3n) is 5.72. The van der Waals surface area contributed by atoms with Crippen LogP contribution in [0.25, 0.3) is 10.1 Å². The van der Waals surface area contributed by atoms with E-state index in [-0.39, 0.29) is 24.5 Å². The fourth-order valence-corrected chi connectivity index (χ4v) is 6.10. The molecule has 0 saturated carbocycles. The quantitative estimate of drug-likeness (QED) is 0.450. The van der Waals surface area contributed by atoms with Gasteiger partial charge >= 0.3 is 6.03 Å². The number of anilines is 2. The summed E-state index contributed by atoms with van der Waals surface area (Å²) >= 11 is 3.00. The standard InChI is InChI=1S/C24H25N5O4S2/c1-2-25-24(32)27-22-21(16-5-3-4-6-19(16)34-22)23(31)28-9-11-29(12-10-28)35-15-7-8-18-17(13-15)26-20(30)14-33-18/h3-8,13H,2,9-12,14H2,1H3,(H,26,30)(H2,25,27,32). The zero-order chi connectivity index (χ0) is 24.4. The molecule has 0 unspecified atom stereocenters. The first-order valence-corrected chi connectivity index (χ1v) is 13.0. The van der Waals surface area contributed by atoms with Gasteiger partial charge < -0.3 is 20.3 Å². The summed E-state index contributed by atoms with van der Waals surface area (Å²) in [5, 5.41) is 9.83. The highest BCUT2D eigenvalue weighted by Crippen LogP contribution is 2.37. The van der Waals surface area contributed by atoms with E-state index in [0.29, 0.717) is 54.7 Å². The molecule has 1 saturated heterocycles. The zero-order valence-electron chi connectivity index (χ0n) is 19.1. The van der Waals surface area contributed by atoms with E-state index in [1.807, 2.05) is 54.3 Å². The molecule has 3 N–H and O–H groups in total. The number of hydrogen-bond acceptors (Lipinski definition) is 7. The molecule has 11 heteroatoms. The number of carbonyl (C=O) groups excluding carboxylic acids is 3. The van der Waals surface area contributed by atoms with Crippen LogP contribution < -0.4 is 20.7 Å². The molecule has 2 aromatic carbocycles. The van der Waals surface area contributed by atoms with Gasteiger partial charge in [0.1, 0.15) is 10.8 Å². The number of benzene rings is 2. The maximum Gasteiger partial charge on any atom is 0.319 e. The van der Waals surface area contributed by atoms with Gasteiger partial charge in [-0.15, -0.1) is 11.3 Å². The summed E-state index contributed by atoms with van der Waals surface area (Å²) < 4.78 is 8.59. The van der Waals surface area contributed by atoms with Crippen LogP contribution in [0.4, 0.5) is 15.5 Å². The van der Waals surface area contributed by atoms with Gasteiger partial charge in [-0.3, -0.25) is 14.9 Å². The highest BCUT2D eigenvalue weighted by molar-refractivity contribution is 7.97. The lowest BCUT2D eigenvalue weighted by Crippen LogP contribution is -2.46. The predicted octanol–water partition coefficient (Wildman–Crippen LogP) is 3.84. The molecule has 1 aromatic heterocycles. The highest BCUT2D eigenvalue weighted by Gasteiger charge is 2.28. The van der Waals surface area contributed by atoms with E-state index < -0.39 is 0 Å². The van der Waals surface area contributed by atoms with Gasteiger partial charge in [-0.2, -0.15) is 0 Å². The molecular formula is C24H25N5O4S2. The second-order valence-corrected chi connectivity index (χ2v) is 10.3. The molecule has 182 valence electrons. The van der Waals surface area contributed by atoms with Crippen molar-refractivity contribution in [3.63, 3.8) is 0 Å². The van der Waals surface area contributed by atoms with Crippen LogP contribution in [0.1, 0.15) is 17.3 Å². The fourth-order valence-electron chi connectivity index (χ4n) is 4.06. The number of fused-ring (bicyclic) bond motifs is 2. The van der Waals surface area contributed by atoms with Crippen LogP contribution in [0.5, 0.6) is 5.75 Å². The molecule has 35 heavy (non-hydrogen) atoms. The second-order valence-electron chi connectivity index (χ2n) is 8.09. The van der Waals surface area contributed by atoms with Crippen molar-refractivity contribution in [1.82, 2.24) is 14.5 Å². The molecule has 0 spiro atoms. The van der Waals surface area contributed by atoms with Gasteiger partial charge in [-0.25, -0.2) is 9.10 Å². The van der Waals surface area contributed by atoms with Crippen LogP contribution >= 0.6 is 23.3 Å². The number of piperazine rings is 1. The summed E-state index contributed by atoms with van der Waals surface area (Å²) in [4.78, 5) is 40.2. The molecular weight excluding hydrogens is 486 g/mol. The smallest absolute Gasteiger partial charge is 0.319 e. The maximum absolute atomic E-state index is 13.6. The SMILES string of the molecule is CCNC(=O)Nc1sc2ccccc2c1C(=O)N1CCN(Sc2ccc3c(c2)NC(=O)CO3)CC1. The minimum absolute atomic E-state index is 0.0371. The molecule has 0 bridgehead atoms. The Hall–Kier alpha value is -3.28. The van der Waals surface area contributed by atoms with Gasteiger partial charge in [-0.1, -0.05) is 18.2 Å². The van der Waals surface area contributed by atoms with Crippen molar-refractivity contribution in [2.75, 3.05) is 50.0 Å². The van der Waals surface area contributed by atoms with Gasteiger partial charge in [0.2, 0.25) is 0 Å². The molecule has 5 rings (SSSR count). The summed E-state index contributed by atoms with van der Waals surface area (Å²) in [5.41, 5.74) is 1.22. The third-order valence-corrected chi connectivity index (χ3v) is 7.89. The van der Waals surface area contributed by atoms with Crippen molar-refractivity contribution >= 4 is 61.9 Å². The Kier molecular flexibility index (Phi) is 6.80. The first-order valence-electron chi connectivity index (χ1n) is 11.4. The Morgan fingerprint density at radius 1 is 1.14 bits per heavy atom. The van der Waals surface area contributed by atoms with E-state index in [2.05, 4.69) is 20.3 Å². The van der Waals surface area contributed by atoms with Crippen molar-refractivity contribution in [2.45, 2.75) is 11.8 Å². The van der Waals surface area contributed by atoms with Crippen molar-refractivity contribution in [3.05, 3.63) is 48.0 Å². The van der Waals surface area contributed by atoms with Crippen LogP contribution in [-0.2, 0) is 4.79 Å². The van der Waals surface area contributed by atoms with E-state index in [0.717, 1.165) is 15.0 Å². The van der Waals surface area contributed by atoms with Crippen molar-refractivity contribution in [3.8, 4) is 5.75 Å². The monoisotopic (exact) mass is 511 g/mol. The number of rotatable bonds is 5. The Labute approximate surface area is 210 Å². The Bertz CT molecular complexity index is 1290. The summed E-state index contributed by atoms with van der Waals surface area (Å²) in [6.45, 7) is 4.92. The number of nitrogens with zero attached hydrogens (tertiary/aromatic N) is 2. The van der Waals surface area contributed by atoms with Crippen LogP contribution in [0.2, 0.25) is 0 Å². The van der Waals surface area contributed by atoms with Gasteiger partial charge in [0.05, 0.1) is 11.3 Å². The lowest BCUT2D eigenvalue weighted by atomic mass is 10.1. The number of thiophene rings is 1. The summed E-state index contributed by atoms with van der Waals surface area (Å²) in [7, 11) is 0. The number of carbonyl (C=O) groups is 3. The minimum Gasteiger partial charge on any atom is -0.482 e. The van der Waals surface area contributed by atoms with Gasteiger partial charge in [0, 0.05) is 47.7 Å². The lowest BCUT2D eigenvalue weighted by Gasteiger charge is -2.34. The van der Waals surface area contributed by atoms with E-state index in [9.17, 15) is 14.4 Å². The molecule has 2 aliphatic rings. The lowest BCUT2D eigenvalue weighted by molar-refractivity contribution is -0.118. The van der Waals surface area contributed by atoms with Crippen molar-refractivity contribution < 1.29 is 19.1 Å². The van der Waals surface area contributed by atoms with E-state index >= 15 is 0 Å². The molecule has 9 nitrogen and oxygen atoms in total. The first kappa shape index (κ1) is 23.5. The second kappa shape index (κ2) is 10.1. The van der Waals surface area contributed by atoms with Gasteiger partial charge in [0.25, 0.3) is 11.8 Å². The van der Waals surface area contributed by atoms with Gasteiger partial charge in [0.15, 0.2) is 6.61 Å². The van der Waals surface area contributed by atoms with Crippen LogP contribution in [0.15, 0.2) is 47.4 Å². The highest BCUT2D eigenvalue weighted by atomic mass is 32.2. The molecule has 4 amide bonds. The van der Waals surface area contributed by atoms with Crippen LogP contribution in [0, 0.1) is 0 Å². The average molecular weight is 512 g/mol. The van der Waals surface area contributed by atoms with Gasteiger partial charge in [-0.05, 0) is 43.1 Å². The fraction of sp³-hybridized carbons (Fsp3) is 0.292. The molecule has 3 aromatic rings.